The minimum absolute atomic E-state index is 0. The van der Waals surface area contributed by atoms with E-state index in [2.05, 4.69) is 22.3 Å². The topological polar surface area (TPSA) is 62.9 Å². The molecule has 1 aliphatic heterocycles. The molecular formula is C15H25IN4O. The van der Waals surface area contributed by atoms with Gasteiger partial charge in [-0.05, 0) is 51.0 Å². The number of nitrogens with two attached hydrogens (primary N) is 1. The first-order valence-electron chi connectivity index (χ1n) is 7.07. The molecule has 3 N–H and O–H groups in total. The Kier molecular flexibility index (Phi) is 7.81. The van der Waals surface area contributed by atoms with E-state index < -0.39 is 0 Å². The van der Waals surface area contributed by atoms with Crippen LogP contribution in [0.2, 0.25) is 0 Å². The molecule has 1 fully saturated rings. The van der Waals surface area contributed by atoms with Crippen molar-refractivity contribution >= 4 is 35.6 Å². The second kappa shape index (κ2) is 9.09. The van der Waals surface area contributed by atoms with E-state index in [1.165, 1.54) is 12.8 Å². The van der Waals surface area contributed by atoms with Gasteiger partial charge in [0.25, 0.3) is 0 Å². The van der Waals surface area contributed by atoms with E-state index in [0.29, 0.717) is 11.9 Å². The van der Waals surface area contributed by atoms with Gasteiger partial charge in [-0.25, -0.2) is 0 Å². The molecule has 2 rings (SSSR count). The average molecular weight is 404 g/mol. The van der Waals surface area contributed by atoms with E-state index >= 15 is 0 Å². The number of ether oxygens (including phenoxy) is 1. The second-order valence-electron chi connectivity index (χ2n) is 5.33. The quantitative estimate of drug-likeness (QED) is 0.460. The fraction of sp³-hybridized carbons (Fsp3) is 0.533. The maximum atomic E-state index is 5.93. The van der Waals surface area contributed by atoms with Gasteiger partial charge in [-0.3, -0.25) is 4.99 Å². The van der Waals surface area contributed by atoms with E-state index in [1.807, 2.05) is 24.3 Å². The number of benzene rings is 1. The van der Waals surface area contributed by atoms with Crippen LogP contribution in [0.1, 0.15) is 12.8 Å². The molecule has 1 aromatic rings. The molecule has 0 aliphatic carbocycles. The molecule has 118 valence electrons. The number of anilines is 1. The molecule has 1 aromatic carbocycles. The number of likely N-dealkylation sites (tertiary alicyclic amines) is 1. The van der Waals surface area contributed by atoms with E-state index in [0.717, 1.165) is 31.1 Å². The summed E-state index contributed by atoms with van der Waals surface area (Å²) >= 11 is 0. The highest BCUT2D eigenvalue weighted by Gasteiger charge is 2.15. The van der Waals surface area contributed by atoms with E-state index in [9.17, 15) is 0 Å². The largest absolute Gasteiger partial charge is 0.497 e. The standard InChI is InChI=1S/C15H24N4O.HI/c1-19-8-6-12(7-9-19)11-17-15(16)18-13-4-3-5-14(10-13)20-2;/h3-5,10,12H,6-9,11H2,1-2H3,(H3,16,17,18);1H. The van der Waals surface area contributed by atoms with Crippen LogP contribution in [-0.4, -0.2) is 44.7 Å². The molecule has 21 heavy (non-hydrogen) atoms. The lowest BCUT2D eigenvalue weighted by molar-refractivity contribution is 0.224. The highest BCUT2D eigenvalue weighted by molar-refractivity contribution is 14.0. The van der Waals surface area contributed by atoms with Crippen molar-refractivity contribution in [3.8, 4) is 5.75 Å². The number of guanidine groups is 1. The summed E-state index contributed by atoms with van der Waals surface area (Å²) < 4.78 is 5.18. The van der Waals surface area contributed by atoms with Crippen LogP contribution in [0.4, 0.5) is 5.69 Å². The molecule has 0 spiro atoms. The summed E-state index contributed by atoms with van der Waals surface area (Å²) in [5.41, 5.74) is 6.83. The Bertz CT molecular complexity index is 459. The number of aliphatic imine (C=N–C) groups is 1. The van der Waals surface area contributed by atoms with Gasteiger partial charge in [0.15, 0.2) is 5.96 Å². The van der Waals surface area contributed by atoms with Gasteiger partial charge in [0, 0.05) is 18.3 Å². The molecule has 0 radical (unpaired) electrons. The Morgan fingerprint density at radius 3 is 2.81 bits per heavy atom. The van der Waals surface area contributed by atoms with Crippen molar-refractivity contribution in [1.82, 2.24) is 4.90 Å². The molecule has 0 bridgehead atoms. The van der Waals surface area contributed by atoms with Crippen molar-refractivity contribution in [3.63, 3.8) is 0 Å². The van der Waals surface area contributed by atoms with Crippen LogP contribution in [-0.2, 0) is 0 Å². The molecule has 0 atom stereocenters. The molecule has 1 saturated heterocycles. The monoisotopic (exact) mass is 404 g/mol. The first-order valence-corrected chi connectivity index (χ1v) is 7.07. The Morgan fingerprint density at radius 2 is 2.14 bits per heavy atom. The van der Waals surface area contributed by atoms with Gasteiger partial charge in [0.05, 0.1) is 7.11 Å². The van der Waals surface area contributed by atoms with Gasteiger partial charge in [-0.15, -0.1) is 24.0 Å². The average Bonchev–Trinajstić information content (AvgIpc) is 2.47. The van der Waals surface area contributed by atoms with Gasteiger partial charge in [0.2, 0.25) is 0 Å². The summed E-state index contributed by atoms with van der Waals surface area (Å²) in [6, 6.07) is 7.67. The van der Waals surface area contributed by atoms with Crippen molar-refractivity contribution in [2.24, 2.45) is 16.6 Å². The smallest absolute Gasteiger partial charge is 0.193 e. The van der Waals surface area contributed by atoms with Gasteiger partial charge in [-0.1, -0.05) is 6.07 Å². The summed E-state index contributed by atoms with van der Waals surface area (Å²) in [5, 5.41) is 3.10. The lowest BCUT2D eigenvalue weighted by Gasteiger charge is -2.27. The van der Waals surface area contributed by atoms with Gasteiger partial charge in [0.1, 0.15) is 5.75 Å². The van der Waals surface area contributed by atoms with Crippen LogP contribution in [0.5, 0.6) is 5.75 Å². The third-order valence-corrected chi connectivity index (χ3v) is 3.70. The van der Waals surface area contributed by atoms with Crippen molar-refractivity contribution in [1.29, 1.82) is 0 Å². The van der Waals surface area contributed by atoms with Crippen molar-refractivity contribution in [2.45, 2.75) is 12.8 Å². The Labute approximate surface area is 144 Å². The number of halogens is 1. The molecule has 0 unspecified atom stereocenters. The normalized spacial score (nSPS) is 17.1. The zero-order valence-corrected chi connectivity index (χ0v) is 15.0. The Hall–Kier alpha value is -1.02. The van der Waals surface area contributed by atoms with E-state index in [1.54, 1.807) is 7.11 Å². The molecule has 6 heteroatoms. The van der Waals surface area contributed by atoms with Crippen LogP contribution in [0.25, 0.3) is 0 Å². The van der Waals surface area contributed by atoms with E-state index in [4.69, 9.17) is 10.5 Å². The number of hydrogen-bond donors (Lipinski definition) is 2. The van der Waals surface area contributed by atoms with Crippen molar-refractivity contribution < 1.29 is 4.74 Å². The maximum Gasteiger partial charge on any atom is 0.193 e. The number of piperidine rings is 1. The fourth-order valence-corrected chi connectivity index (χ4v) is 2.36. The van der Waals surface area contributed by atoms with Crippen molar-refractivity contribution in [3.05, 3.63) is 24.3 Å². The lowest BCUT2D eigenvalue weighted by Crippen LogP contribution is -2.32. The summed E-state index contributed by atoms with van der Waals surface area (Å²) in [4.78, 5) is 6.81. The highest BCUT2D eigenvalue weighted by Crippen LogP contribution is 2.17. The number of hydrogen-bond acceptors (Lipinski definition) is 3. The van der Waals surface area contributed by atoms with Crippen LogP contribution in [0, 0.1) is 5.92 Å². The number of nitrogens with zero attached hydrogens (tertiary/aromatic N) is 2. The molecule has 1 aliphatic rings. The number of methoxy groups -OCH3 is 1. The maximum absolute atomic E-state index is 5.93. The predicted molar refractivity (Wildman–Crippen MR) is 98.7 cm³/mol. The molecule has 0 aromatic heterocycles. The summed E-state index contributed by atoms with van der Waals surface area (Å²) in [6.07, 6.45) is 2.40. The summed E-state index contributed by atoms with van der Waals surface area (Å²) in [6.45, 7) is 3.11. The summed E-state index contributed by atoms with van der Waals surface area (Å²) in [7, 11) is 3.81. The second-order valence-corrected chi connectivity index (χ2v) is 5.33. The van der Waals surface area contributed by atoms with Crippen LogP contribution in [0.3, 0.4) is 0 Å². The zero-order chi connectivity index (χ0) is 14.4. The van der Waals surface area contributed by atoms with Crippen LogP contribution in [0.15, 0.2) is 29.3 Å². The third kappa shape index (κ3) is 6.09. The highest BCUT2D eigenvalue weighted by atomic mass is 127. The lowest BCUT2D eigenvalue weighted by atomic mass is 9.97. The molecule has 5 nitrogen and oxygen atoms in total. The van der Waals surface area contributed by atoms with Crippen LogP contribution >= 0.6 is 24.0 Å². The summed E-state index contributed by atoms with van der Waals surface area (Å²) in [5.74, 6) is 1.92. The molecule has 0 amide bonds. The SMILES string of the molecule is COc1cccc(NC(N)=NCC2CCN(C)CC2)c1.I. The predicted octanol–water partition coefficient (Wildman–Crippen LogP) is 2.38. The zero-order valence-electron chi connectivity index (χ0n) is 12.7. The fourth-order valence-electron chi connectivity index (χ4n) is 2.36. The minimum Gasteiger partial charge on any atom is -0.497 e. The van der Waals surface area contributed by atoms with Crippen LogP contribution < -0.4 is 15.8 Å². The van der Waals surface area contributed by atoms with Gasteiger partial charge in [-0.2, -0.15) is 0 Å². The first-order chi connectivity index (χ1) is 9.67. The molecule has 1 heterocycles. The number of rotatable bonds is 4. The van der Waals surface area contributed by atoms with Gasteiger partial charge < -0.3 is 20.7 Å². The van der Waals surface area contributed by atoms with Crippen molar-refractivity contribution in [2.75, 3.05) is 39.1 Å². The Morgan fingerprint density at radius 1 is 1.43 bits per heavy atom. The number of nitrogens with one attached hydrogen (secondary N) is 1. The first kappa shape index (κ1) is 18.0. The van der Waals surface area contributed by atoms with E-state index in [-0.39, 0.29) is 24.0 Å². The molecular weight excluding hydrogens is 379 g/mol. The molecule has 0 saturated carbocycles. The third-order valence-electron chi connectivity index (χ3n) is 3.70. The minimum atomic E-state index is 0. The Balaban J connectivity index is 0.00000220. The van der Waals surface area contributed by atoms with Gasteiger partial charge >= 0.3 is 0 Å².